The van der Waals surface area contributed by atoms with Gasteiger partial charge in [-0.2, -0.15) is 10.0 Å². The molecule has 9 nitrogen and oxygen atoms in total. The molecule has 0 saturated heterocycles. The van der Waals surface area contributed by atoms with Crippen molar-refractivity contribution in [2.75, 3.05) is 26.4 Å². The molecule has 28 heavy (non-hydrogen) atoms. The molecule has 0 aliphatic heterocycles. The van der Waals surface area contributed by atoms with E-state index in [2.05, 4.69) is 15.1 Å². The lowest BCUT2D eigenvalue weighted by atomic mass is 10.1. The molecule has 9 heteroatoms. The minimum Gasteiger partial charge on any atom is -0.472 e. The molecule has 0 saturated carbocycles. The van der Waals surface area contributed by atoms with Gasteiger partial charge in [-0.1, -0.05) is 23.4 Å². The van der Waals surface area contributed by atoms with Crippen LogP contribution in [0.15, 0.2) is 29.4 Å². The van der Waals surface area contributed by atoms with Gasteiger partial charge in [-0.15, -0.1) is 0 Å². The molecule has 0 aliphatic rings. The first-order chi connectivity index (χ1) is 13.4. The van der Waals surface area contributed by atoms with Gasteiger partial charge in [-0.05, 0) is 26.8 Å². The van der Waals surface area contributed by atoms with Crippen molar-refractivity contribution in [2.24, 2.45) is 5.16 Å². The topological polar surface area (TPSA) is 95.4 Å². The van der Waals surface area contributed by atoms with E-state index in [-0.39, 0.29) is 6.61 Å². The second kappa shape index (κ2) is 9.65. The summed E-state index contributed by atoms with van der Waals surface area (Å²) >= 11 is 0. The summed E-state index contributed by atoms with van der Waals surface area (Å²) in [4.78, 5) is 30.7. The highest BCUT2D eigenvalue weighted by Crippen LogP contribution is 2.25. The molecule has 1 amide bonds. The number of oxime groups is 1. The highest BCUT2D eigenvalue weighted by Gasteiger charge is 2.20. The lowest BCUT2D eigenvalue weighted by Gasteiger charge is -2.21. The number of carbonyl (C=O) groups is 1. The third-order valence-corrected chi connectivity index (χ3v) is 3.88. The van der Waals surface area contributed by atoms with Crippen molar-refractivity contribution in [3.63, 3.8) is 0 Å². The van der Waals surface area contributed by atoms with E-state index in [0.29, 0.717) is 34.4 Å². The number of hydroxylamine groups is 1. The average Bonchev–Trinajstić information content (AvgIpc) is 2.69. The van der Waals surface area contributed by atoms with Crippen molar-refractivity contribution < 1.29 is 23.9 Å². The number of amides is 1. The van der Waals surface area contributed by atoms with Crippen molar-refractivity contribution in [2.45, 2.75) is 27.4 Å². The van der Waals surface area contributed by atoms with Gasteiger partial charge >= 0.3 is 6.09 Å². The minimum absolute atomic E-state index is 0.157. The van der Waals surface area contributed by atoms with E-state index in [9.17, 15) is 4.79 Å². The quantitative estimate of drug-likeness (QED) is 0.531. The maximum atomic E-state index is 11.9. The molecule has 1 aromatic heterocycles. The first-order valence-corrected chi connectivity index (χ1v) is 8.49. The molecule has 0 N–H and O–H groups in total. The van der Waals surface area contributed by atoms with Gasteiger partial charge in [0.1, 0.15) is 25.3 Å². The van der Waals surface area contributed by atoms with Gasteiger partial charge in [0.15, 0.2) is 0 Å². The fourth-order valence-corrected chi connectivity index (χ4v) is 2.61. The number of ether oxygens (including phenoxy) is 2. The minimum atomic E-state index is -0.641. The van der Waals surface area contributed by atoms with E-state index >= 15 is 0 Å². The Labute approximate surface area is 163 Å². The molecule has 1 heterocycles. The number of para-hydroxylation sites is 1. The number of benzene rings is 1. The molecular weight excluding hydrogens is 364 g/mol. The van der Waals surface area contributed by atoms with Crippen LogP contribution in [-0.4, -0.2) is 43.1 Å². The summed E-state index contributed by atoms with van der Waals surface area (Å²) in [5, 5.41) is 4.98. The van der Waals surface area contributed by atoms with Crippen LogP contribution in [0.25, 0.3) is 0 Å². The van der Waals surface area contributed by atoms with Crippen LogP contribution in [0.5, 0.6) is 5.88 Å². The average molecular weight is 388 g/mol. The first kappa shape index (κ1) is 21.1. The Hall–Kier alpha value is -3.20. The van der Waals surface area contributed by atoms with Crippen LogP contribution in [0.1, 0.15) is 29.6 Å². The number of nitrogens with zero attached hydrogens (tertiary/aromatic N) is 4. The van der Waals surface area contributed by atoms with E-state index in [1.165, 1.54) is 21.3 Å². The molecule has 0 bridgehead atoms. The molecule has 0 spiro atoms. The third-order valence-electron chi connectivity index (χ3n) is 3.88. The summed E-state index contributed by atoms with van der Waals surface area (Å²) in [5.74, 6) is 0.965. The fourth-order valence-electron chi connectivity index (χ4n) is 2.61. The van der Waals surface area contributed by atoms with Gasteiger partial charge in [-0.3, -0.25) is 4.84 Å². The SMILES string of the molecule is CO/N=C(/C)c1nc(C)nc(OCc2ccccc2N(OC)C(=O)OC)c1C. The summed E-state index contributed by atoms with van der Waals surface area (Å²) < 4.78 is 10.7. The molecule has 2 rings (SSSR count). The molecule has 1 aromatic carbocycles. The number of anilines is 1. The molecule has 2 aromatic rings. The molecule has 0 unspecified atom stereocenters. The van der Waals surface area contributed by atoms with Crippen molar-refractivity contribution in [1.82, 2.24) is 9.97 Å². The Morgan fingerprint density at radius 2 is 1.86 bits per heavy atom. The Morgan fingerprint density at radius 3 is 2.50 bits per heavy atom. The van der Waals surface area contributed by atoms with E-state index < -0.39 is 6.09 Å². The molecule has 0 radical (unpaired) electrons. The largest absolute Gasteiger partial charge is 0.472 e. The molecular formula is C19H24N4O5. The predicted octanol–water partition coefficient (Wildman–Crippen LogP) is 3.18. The van der Waals surface area contributed by atoms with E-state index in [0.717, 1.165) is 10.6 Å². The van der Waals surface area contributed by atoms with Crippen molar-refractivity contribution >= 4 is 17.5 Å². The first-order valence-electron chi connectivity index (χ1n) is 8.49. The number of hydrogen-bond donors (Lipinski definition) is 0. The van der Waals surface area contributed by atoms with Gasteiger partial charge in [0.25, 0.3) is 0 Å². The van der Waals surface area contributed by atoms with Crippen LogP contribution in [0.3, 0.4) is 0 Å². The second-order valence-electron chi connectivity index (χ2n) is 5.77. The lowest BCUT2D eigenvalue weighted by Crippen LogP contribution is -2.30. The van der Waals surface area contributed by atoms with Crippen LogP contribution in [0, 0.1) is 13.8 Å². The van der Waals surface area contributed by atoms with Crippen molar-refractivity contribution in [3.8, 4) is 5.88 Å². The van der Waals surface area contributed by atoms with Crippen LogP contribution in [0.2, 0.25) is 0 Å². The van der Waals surface area contributed by atoms with Gasteiger partial charge in [0.2, 0.25) is 5.88 Å². The third kappa shape index (κ3) is 4.74. The Kier molecular flexibility index (Phi) is 7.28. The number of rotatable bonds is 7. The van der Waals surface area contributed by atoms with E-state index in [4.69, 9.17) is 19.1 Å². The Bertz CT molecular complexity index is 869. The monoisotopic (exact) mass is 388 g/mol. The summed E-state index contributed by atoms with van der Waals surface area (Å²) in [6, 6.07) is 7.19. The zero-order chi connectivity index (χ0) is 20.7. The van der Waals surface area contributed by atoms with Crippen LogP contribution >= 0.6 is 0 Å². The normalized spacial score (nSPS) is 11.1. The molecule has 0 atom stereocenters. The maximum Gasteiger partial charge on any atom is 0.438 e. The standard InChI is InChI=1S/C19H24N4O5/c1-12-17(13(2)22-26-5)20-14(3)21-18(12)28-11-15-9-7-8-10-16(15)23(27-6)19(24)25-4/h7-10H,11H2,1-6H3/b22-13-. The molecule has 0 aliphatic carbocycles. The summed E-state index contributed by atoms with van der Waals surface area (Å²) in [6.45, 7) is 5.57. The fraction of sp³-hybridized carbons (Fsp3) is 0.368. The lowest BCUT2D eigenvalue weighted by molar-refractivity contribution is 0.115. The Balaban J connectivity index is 2.33. The highest BCUT2D eigenvalue weighted by molar-refractivity contribution is 5.98. The number of hydrogen-bond acceptors (Lipinski definition) is 8. The zero-order valence-electron chi connectivity index (χ0n) is 16.8. The number of aromatic nitrogens is 2. The number of aryl methyl sites for hydroxylation is 1. The van der Waals surface area contributed by atoms with E-state index in [1.807, 2.05) is 19.1 Å². The van der Waals surface area contributed by atoms with Gasteiger partial charge in [-0.25, -0.2) is 9.78 Å². The molecule has 150 valence electrons. The van der Waals surface area contributed by atoms with Crippen molar-refractivity contribution in [3.05, 3.63) is 46.9 Å². The van der Waals surface area contributed by atoms with E-state index in [1.54, 1.807) is 26.0 Å². The van der Waals surface area contributed by atoms with Gasteiger partial charge in [0.05, 0.1) is 25.6 Å². The van der Waals surface area contributed by atoms with Crippen molar-refractivity contribution in [1.29, 1.82) is 0 Å². The van der Waals surface area contributed by atoms with Gasteiger partial charge in [0, 0.05) is 11.1 Å². The maximum absolute atomic E-state index is 11.9. The summed E-state index contributed by atoms with van der Waals surface area (Å²) in [7, 11) is 4.15. The molecule has 0 fully saturated rings. The highest BCUT2D eigenvalue weighted by atomic mass is 16.7. The smallest absolute Gasteiger partial charge is 0.438 e. The van der Waals surface area contributed by atoms with Crippen LogP contribution in [-0.2, 0) is 21.0 Å². The summed E-state index contributed by atoms with van der Waals surface area (Å²) in [6.07, 6.45) is -0.641. The van der Waals surface area contributed by atoms with Crippen LogP contribution < -0.4 is 9.80 Å². The predicted molar refractivity (Wildman–Crippen MR) is 103 cm³/mol. The van der Waals surface area contributed by atoms with Gasteiger partial charge < -0.3 is 14.3 Å². The zero-order valence-corrected chi connectivity index (χ0v) is 16.8. The summed E-state index contributed by atoms with van der Waals surface area (Å²) in [5.41, 5.74) is 3.22. The Morgan fingerprint density at radius 1 is 1.14 bits per heavy atom. The number of carbonyl (C=O) groups excluding carboxylic acids is 1. The number of methoxy groups -OCH3 is 1. The second-order valence-corrected chi connectivity index (χ2v) is 5.77. The van der Waals surface area contributed by atoms with Crippen LogP contribution in [0.4, 0.5) is 10.5 Å².